The first-order valence-electron chi connectivity index (χ1n) is 6.76. The largest absolute Gasteiger partial charge is 0.371 e. The lowest BCUT2D eigenvalue weighted by Crippen LogP contribution is -2.37. The topological polar surface area (TPSA) is 44.4 Å². The highest BCUT2D eigenvalue weighted by molar-refractivity contribution is 5.73. The van der Waals surface area contributed by atoms with E-state index in [1.807, 2.05) is 0 Å². The number of hydrogen-bond donors (Lipinski definition) is 2. The van der Waals surface area contributed by atoms with Crippen LogP contribution in [0, 0.1) is 0 Å². The zero-order chi connectivity index (χ0) is 13.5. The lowest BCUT2D eigenvalue weighted by molar-refractivity contribution is 0.242. The Hall–Kier alpha value is -1.97. The van der Waals surface area contributed by atoms with E-state index in [4.69, 9.17) is 0 Å². The standard InChI is InChI=1S/C15H21N3O/c1-2-9-16-15(19)17-10-5-11-18-12-8-13-6-3-4-7-14(13)18/h2-4,6-7H,1,5,8-12H2,(H2,16,17,19). The van der Waals surface area contributed by atoms with E-state index in [2.05, 4.69) is 46.4 Å². The molecule has 0 saturated carbocycles. The Morgan fingerprint density at radius 1 is 1.37 bits per heavy atom. The second kappa shape index (κ2) is 6.83. The minimum atomic E-state index is -0.123. The van der Waals surface area contributed by atoms with Gasteiger partial charge in [-0.15, -0.1) is 6.58 Å². The quantitative estimate of drug-likeness (QED) is 0.605. The number of amides is 2. The predicted molar refractivity (Wildman–Crippen MR) is 78.6 cm³/mol. The molecular weight excluding hydrogens is 238 g/mol. The Morgan fingerprint density at radius 2 is 2.21 bits per heavy atom. The van der Waals surface area contributed by atoms with Crippen molar-refractivity contribution in [3.05, 3.63) is 42.5 Å². The molecule has 1 aliphatic heterocycles. The minimum Gasteiger partial charge on any atom is -0.371 e. The minimum absolute atomic E-state index is 0.123. The molecule has 1 aromatic carbocycles. The van der Waals surface area contributed by atoms with Gasteiger partial charge in [0.15, 0.2) is 0 Å². The van der Waals surface area contributed by atoms with Crippen LogP contribution in [0.25, 0.3) is 0 Å². The Morgan fingerprint density at radius 3 is 3.05 bits per heavy atom. The van der Waals surface area contributed by atoms with Crippen LogP contribution >= 0.6 is 0 Å². The normalized spacial score (nSPS) is 12.9. The van der Waals surface area contributed by atoms with E-state index in [1.54, 1.807) is 6.08 Å². The molecule has 2 rings (SSSR count). The molecule has 0 bridgehead atoms. The summed E-state index contributed by atoms with van der Waals surface area (Å²) in [5, 5.41) is 5.54. The lowest BCUT2D eigenvalue weighted by Gasteiger charge is -2.19. The van der Waals surface area contributed by atoms with Crippen molar-refractivity contribution in [2.75, 3.05) is 31.1 Å². The summed E-state index contributed by atoms with van der Waals surface area (Å²) in [6.07, 6.45) is 3.75. The maximum atomic E-state index is 11.3. The van der Waals surface area contributed by atoms with Crippen molar-refractivity contribution in [1.29, 1.82) is 0 Å². The van der Waals surface area contributed by atoms with Crippen molar-refractivity contribution in [1.82, 2.24) is 10.6 Å². The number of benzene rings is 1. The van der Waals surface area contributed by atoms with Gasteiger partial charge in [0.25, 0.3) is 0 Å². The number of carbonyl (C=O) groups excluding carboxylic acids is 1. The summed E-state index contributed by atoms with van der Waals surface area (Å²) >= 11 is 0. The van der Waals surface area contributed by atoms with Gasteiger partial charge in [-0.05, 0) is 24.5 Å². The molecule has 0 aliphatic carbocycles. The number of urea groups is 1. The molecule has 0 spiro atoms. The third-order valence-electron chi connectivity index (χ3n) is 3.28. The highest BCUT2D eigenvalue weighted by atomic mass is 16.2. The van der Waals surface area contributed by atoms with Crippen LogP contribution in [0.3, 0.4) is 0 Å². The Labute approximate surface area is 114 Å². The third-order valence-corrected chi connectivity index (χ3v) is 3.28. The number of hydrogen-bond acceptors (Lipinski definition) is 2. The first-order valence-corrected chi connectivity index (χ1v) is 6.76. The van der Waals surface area contributed by atoms with E-state index in [0.717, 1.165) is 25.9 Å². The van der Waals surface area contributed by atoms with Crippen LogP contribution in [0.2, 0.25) is 0 Å². The Balaban J connectivity index is 1.67. The highest BCUT2D eigenvalue weighted by Crippen LogP contribution is 2.26. The van der Waals surface area contributed by atoms with Crippen molar-refractivity contribution in [3.63, 3.8) is 0 Å². The number of nitrogens with one attached hydrogen (secondary N) is 2. The molecule has 1 heterocycles. The fourth-order valence-corrected chi connectivity index (χ4v) is 2.34. The van der Waals surface area contributed by atoms with Crippen LogP contribution in [0.5, 0.6) is 0 Å². The van der Waals surface area contributed by atoms with Gasteiger partial charge in [-0.2, -0.15) is 0 Å². The summed E-state index contributed by atoms with van der Waals surface area (Å²) in [4.78, 5) is 13.7. The lowest BCUT2D eigenvalue weighted by atomic mass is 10.2. The van der Waals surface area contributed by atoms with Crippen LogP contribution in [0.15, 0.2) is 36.9 Å². The van der Waals surface area contributed by atoms with Gasteiger partial charge in [0, 0.05) is 31.9 Å². The molecular formula is C15H21N3O. The summed E-state index contributed by atoms with van der Waals surface area (Å²) < 4.78 is 0. The zero-order valence-corrected chi connectivity index (χ0v) is 11.2. The summed E-state index contributed by atoms with van der Waals surface area (Å²) in [6.45, 7) is 6.83. The van der Waals surface area contributed by atoms with E-state index in [0.29, 0.717) is 13.1 Å². The maximum absolute atomic E-state index is 11.3. The summed E-state index contributed by atoms with van der Waals surface area (Å²) in [5.74, 6) is 0. The number of rotatable bonds is 6. The van der Waals surface area contributed by atoms with E-state index in [-0.39, 0.29) is 6.03 Å². The average Bonchev–Trinajstić information content (AvgIpc) is 2.85. The number of para-hydroxylation sites is 1. The number of nitrogens with zero attached hydrogens (tertiary/aromatic N) is 1. The smallest absolute Gasteiger partial charge is 0.315 e. The van der Waals surface area contributed by atoms with Gasteiger partial charge in [-0.1, -0.05) is 24.3 Å². The van der Waals surface area contributed by atoms with Crippen molar-refractivity contribution < 1.29 is 4.79 Å². The predicted octanol–water partition coefficient (Wildman–Crippen LogP) is 1.92. The van der Waals surface area contributed by atoms with E-state index in [9.17, 15) is 4.79 Å². The van der Waals surface area contributed by atoms with Crippen LogP contribution in [0.1, 0.15) is 12.0 Å². The number of fused-ring (bicyclic) bond motifs is 1. The van der Waals surface area contributed by atoms with Gasteiger partial charge < -0.3 is 15.5 Å². The Bertz CT molecular complexity index is 445. The average molecular weight is 259 g/mol. The first kappa shape index (κ1) is 13.5. The molecule has 1 aromatic rings. The summed E-state index contributed by atoms with van der Waals surface area (Å²) in [7, 11) is 0. The van der Waals surface area contributed by atoms with Crippen LogP contribution in [0.4, 0.5) is 10.5 Å². The molecule has 4 nitrogen and oxygen atoms in total. The second-order valence-corrected chi connectivity index (χ2v) is 4.64. The van der Waals surface area contributed by atoms with Gasteiger partial charge >= 0.3 is 6.03 Å². The molecule has 19 heavy (non-hydrogen) atoms. The van der Waals surface area contributed by atoms with Gasteiger partial charge in [0.2, 0.25) is 0 Å². The van der Waals surface area contributed by atoms with Crippen LogP contribution < -0.4 is 15.5 Å². The molecule has 0 atom stereocenters. The molecule has 2 N–H and O–H groups in total. The first-order chi connectivity index (χ1) is 9.31. The maximum Gasteiger partial charge on any atom is 0.315 e. The van der Waals surface area contributed by atoms with Crippen molar-refractivity contribution >= 4 is 11.7 Å². The molecule has 0 fully saturated rings. The highest BCUT2D eigenvalue weighted by Gasteiger charge is 2.17. The van der Waals surface area contributed by atoms with Gasteiger partial charge in [0.05, 0.1) is 0 Å². The molecule has 0 unspecified atom stereocenters. The van der Waals surface area contributed by atoms with E-state index >= 15 is 0 Å². The van der Waals surface area contributed by atoms with Crippen LogP contribution in [-0.4, -0.2) is 32.2 Å². The van der Waals surface area contributed by atoms with Crippen molar-refractivity contribution in [2.24, 2.45) is 0 Å². The molecule has 0 saturated heterocycles. The monoisotopic (exact) mass is 259 g/mol. The van der Waals surface area contributed by atoms with Gasteiger partial charge in [0.1, 0.15) is 0 Å². The molecule has 102 valence electrons. The van der Waals surface area contributed by atoms with Gasteiger partial charge in [-0.3, -0.25) is 0 Å². The van der Waals surface area contributed by atoms with E-state index < -0.39 is 0 Å². The fourth-order valence-electron chi connectivity index (χ4n) is 2.34. The zero-order valence-electron chi connectivity index (χ0n) is 11.2. The molecule has 1 aliphatic rings. The van der Waals surface area contributed by atoms with Crippen molar-refractivity contribution in [3.8, 4) is 0 Å². The SMILES string of the molecule is C=CCNC(=O)NCCCN1CCc2ccccc21. The molecule has 2 amide bonds. The molecule has 0 radical (unpaired) electrons. The molecule has 4 heteroatoms. The Kier molecular flexibility index (Phi) is 4.84. The summed E-state index contributed by atoms with van der Waals surface area (Å²) in [6, 6.07) is 8.41. The molecule has 0 aromatic heterocycles. The number of carbonyl (C=O) groups is 1. The summed E-state index contributed by atoms with van der Waals surface area (Å²) in [5.41, 5.74) is 2.78. The van der Waals surface area contributed by atoms with Crippen molar-refractivity contribution in [2.45, 2.75) is 12.8 Å². The van der Waals surface area contributed by atoms with Gasteiger partial charge in [-0.25, -0.2) is 4.79 Å². The van der Waals surface area contributed by atoms with Crippen LogP contribution in [-0.2, 0) is 6.42 Å². The number of anilines is 1. The fraction of sp³-hybridized carbons (Fsp3) is 0.400. The third kappa shape index (κ3) is 3.74. The van der Waals surface area contributed by atoms with E-state index in [1.165, 1.54) is 11.3 Å². The second-order valence-electron chi connectivity index (χ2n) is 4.64.